The molecule has 0 atom stereocenters. The average Bonchev–Trinajstić information content (AvgIpc) is 2.07. The Labute approximate surface area is 76.8 Å². The molecule has 0 radical (unpaired) electrons. The van der Waals surface area contributed by atoms with Gasteiger partial charge in [0, 0.05) is 25.9 Å². The molecule has 1 aliphatic heterocycles. The molecule has 0 aliphatic carbocycles. The molecule has 0 saturated carbocycles. The zero-order valence-corrected chi connectivity index (χ0v) is 7.87. The van der Waals surface area contributed by atoms with Crippen molar-refractivity contribution >= 4 is 5.82 Å². The minimum Gasteiger partial charge on any atom is -0.348 e. The lowest BCUT2D eigenvalue weighted by Crippen LogP contribution is -2.40. The van der Waals surface area contributed by atoms with Gasteiger partial charge in [-0.2, -0.15) is 0 Å². The van der Waals surface area contributed by atoms with Gasteiger partial charge in [-0.3, -0.25) is 9.69 Å². The number of aromatic amines is 1. The monoisotopic (exact) mass is 179 g/mol. The number of nitrogens with zero attached hydrogens (tertiary/aromatic N) is 2. The second-order valence-corrected chi connectivity index (χ2v) is 3.52. The molecule has 2 heterocycles. The number of pyridine rings is 1. The fraction of sp³-hybridized carbons (Fsp3) is 0.444. The molecule has 0 saturated heterocycles. The molecule has 0 amide bonds. The van der Waals surface area contributed by atoms with Gasteiger partial charge >= 0.3 is 0 Å². The maximum Gasteiger partial charge on any atom is 0.188 e. The Hall–Kier alpha value is -1.29. The summed E-state index contributed by atoms with van der Waals surface area (Å²) < 4.78 is 0. The van der Waals surface area contributed by atoms with Crippen molar-refractivity contribution in [2.24, 2.45) is 0 Å². The number of hydrogen-bond acceptors (Lipinski definition) is 3. The molecule has 70 valence electrons. The van der Waals surface area contributed by atoms with E-state index in [1.54, 1.807) is 12.3 Å². The van der Waals surface area contributed by atoms with Crippen LogP contribution in [0, 0.1) is 0 Å². The van der Waals surface area contributed by atoms with E-state index in [1.807, 2.05) is 19.0 Å². The van der Waals surface area contributed by atoms with E-state index in [1.165, 1.54) is 0 Å². The van der Waals surface area contributed by atoms with E-state index in [4.69, 9.17) is 0 Å². The third-order valence-electron chi connectivity index (χ3n) is 2.30. The SMILES string of the molecule is CN1Cc2c([nH]ccc2=O)N(C)C1. The first-order valence-electron chi connectivity index (χ1n) is 4.29. The number of aromatic nitrogens is 1. The summed E-state index contributed by atoms with van der Waals surface area (Å²) in [7, 11) is 3.98. The van der Waals surface area contributed by atoms with E-state index in [2.05, 4.69) is 9.88 Å². The van der Waals surface area contributed by atoms with Crippen LogP contribution in [0.1, 0.15) is 5.56 Å². The number of fused-ring (bicyclic) bond motifs is 1. The fourth-order valence-electron chi connectivity index (χ4n) is 1.75. The van der Waals surface area contributed by atoms with Gasteiger partial charge in [-0.05, 0) is 7.05 Å². The molecule has 0 aromatic carbocycles. The van der Waals surface area contributed by atoms with Crippen LogP contribution in [0.15, 0.2) is 17.1 Å². The van der Waals surface area contributed by atoms with Gasteiger partial charge in [-0.15, -0.1) is 0 Å². The van der Waals surface area contributed by atoms with Crippen molar-refractivity contribution in [3.05, 3.63) is 28.0 Å². The molecular formula is C9H13N3O. The number of H-pyrrole nitrogens is 1. The van der Waals surface area contributed by atoms with Gasteiger partial charge in [0.1, 0.15) is 5.82 Å². The van der Waals surface area contributed by atoms with E-state index in [0.29, 0.717) is 0 Å². The Morgan fingerprint density at radius 2 is 2.23 bits per heavy atom. The average molecular weight is 179 g/mol. The van der Waals surface area contributed by atoms with Crippen LogP contribution in [0.5, 0.6) is 0 Å². The lowest BCUT2D eigenvalue weighted by atomic mass is 10.2. The normalized spacial score (nSPS) is 17.2. The highest BCUT2D eigenvalue weighted by Gasteiger charge is 2.19. The molecule has 1 aromatic heterocycles. The third-order valence-corrected chi connectivity index (χ3v) is 2.30. The van der Waals surface area contributed by atoms with Crippen LogP contribution in [-0.4, -0.2) is 30.6 Å². The summed E-state index contributed by atoms with van der Waals surface area (Å²) in [5, 5.41) is 0. The van der Waals surface area contributed by atoms with Crippen LogP contribution in [0.25, 0.3) is 0 Å². The topological polar surface area (TPSA) is 39.3 Å². The molecule has 2 rings (SSSR count). The van der Waals surface area contributed by atoms with E-state index in [-0.39, 0.29) is 5.43 Å². The quantitative estimate of drug-likeness (QED) is 0.619. The Kier molecular flexibility index (Phi) is 1.84. The molecule has 0 spiro atoms. The fourth-order valence-corrected chi connectivity index (χ4v) is 1.75. The first-order chi connectivity index (χ1) is 6.18. The Morgan fingerprint density at radius 1 is 1.46 bits per heavy atom. The summed E-state index contributed by atoms with van der Waals surface area (Å²) >= 11 is 0. The minimum absolute atomic E-state index is 0.118. The van der Waals surface area contributed by atoms with E-state index in [0.717, 1.165) is 24.6 Å². The second kappa shape index (κ2) is 2.88. The summed E-state index contributed by atoms with van der Waals surface area (Å²) in [6.07, 6.45) is 1.70. The van der Waals surface area contributed by atoms with Gasteiger partial charge < -0.3 is 9.88 Å². The highest BCUT2D eigenvalue weighted by molar-refractivity contribution is 5.47. The summed E-state index contributed by atoms with van der Waals surface area (Å²) in [5.74, 6) is 0.950. The smallest absolute Gasteiger partial charge is 0.188 e. The van der Waals surface area contributed by atoms with Crippen molar-refractivity contribution in [3.63, 3.8) is 0 Å². The van der Waals surface area contributed by atoms with Crippen LogP contribution in [0.3, 0.4) is 0 Å². The Balaban J connectivity index is 2.55. The first-order valence-corrected chi connectivity index (χ1v) is 4.29. The molecule has 0 bridgehead atoms. The van der Waals surface area contributed by atoms with Crippen LogP contribution >= 0.6 is 0 Å². The van der Waals surface area contributed by atoms with Crippen LogP contribution in [0.2, 0.25) is 0 Å². The van der Waals surface area contributed by atoms with Crippen molar-refractivity contribution in [2.45, 2.75) is 6.54 Å². The molecule has 0 fully saturated rings. The first kappa shape index (κ1) is 8.31. The molecular weight excluding hydrogens is 166 g/mol. The molecule has 1 aliphatic rings. The van der Waals surface area contributed by atoms with Crippen LogP contribution < -0.4 is 10.3 Å². The minimum atomic E-state index is 0.118. The molecule has 1 N–H and O–H groups in total. The lowest BCUT2D eigenvalue weighted by molar-refractivity contribution is 0.313. The van der Waals surface area contributed by atoms with Crippen LogP contribution in [-0.2, 0) is 6.54 Å². The van der Waals surface area contributed by atoms with Gasteiger partial charge in [-0.25, -0.2) is 0 Å². The van der Waals surface area contributed by atoms with Gasteiger partial charge in [0.25, 0.3) is 0 Å². The van der Waals surface area contributed by atoms with Gasteiger partial charge in [0.2, 0.25) is 0 Å². The maximum absolute atomic E-state index is 11.5. The Morgan fingerprint density at radius 3 is 3.00 bits per heavy atom. The number of anilines is 1. The summed E-state index contributed by atoms with van der Waals surface area (Å²) in [5.41, 5.74) is 0.978. The standard InChI is InChI=1S/C9H13N3O/c1-11-5-7-8(13)3-4-10-9(7)12(2)6-11/h3-4H,5-6H2,1-2H3,(H,10,13). The highest BCUT2D eigenvalue weighted by atomic mass is 16.1. The molecule has 4 heteroatoms. The van der Waals surface area contributed by atoms with Gasteiger partial charge in [0.05, 0.1) is 12.2 Å². The van der Waals surface area contributed by atoms with E-state index < -0.39 is 0 Å². The number of hydrogen-bond donors (Lipinski definition) is 1. The number of rotatable bonds is 0. The Bertz CT molecular complexity index is 371. The van der Waals surface area contributed by atoms with Crippen LogP contribution in [0.4, 0.5) is 5.82 Å². The van der Waals surface area contributed by atoms with Gasteiger partial charge in [0.15, 0.2) is 5.43 Å². The summed E-state index contributed by atoms with van der Waals surface area (Å²) in [6.45, 7) is 1.59. The van der Waals surface area contributed by atoms with Crippen molar-refractivity contribution in [2.75, 3.05) is 25.7 Å². The maximum atomic E-state index is 11.5. The zero-order chi connectivity index (χ0) is 9.42. The van der Waals surface area contributed by atoms with Gasteiger partial charge in [-0.1, -0.05) is 0 Å². The predicted molar refractivity (Wildman–Crippen MR) is 51.8 cm³/mol. The second-order valence-electron chi connectivity index (χ2n) is 3.52. The molecule has 0 unspecified atom stereocenters. The van der Waals surface area contributed by atoms with E-state index in [9.17, 15) is 4.79 Å². The highest BCUT2D eigenvalue weighted by Crippen LogP contribution is 2.18. The van der Waals surface area contributed by atoms with Crippen molar-refractivity contribution in [1.29, 1.82) is 0 Å². The lowest BCUT2D eigenvalue weighted by Gasteiger charge is -2.32. The largest absolute Gasteiger partial charge is 0.348 e. The molecule has 13 heavy (non-hydrogen) atoms. The summed E-state index contributed by atoms with van der Waals surface area (Å²) in [6, 6.07) is 1.58. The van der Waals surface area contributed by atoms with Crippen molar-refractivity contribution in [3.8, 4) is 0 Å². The van der Waals surface area contributed by atoms with Crippen molar-refractivity contribution < 1.29 is 0 Å². The summed E-state index contributed by atoms with van der Waals surface area (Å²) in [4.78, 5) is 18.7. The molecule has 4 nitrogen and oxygen atoms in total. The zero-order valence-electron chi connectivity index (χ0n) is 7.87. The van der Waals surface area contributed by atoms with E-state index >= 15 is 0 Å². The third kappa shape index (κ3) is 1.33. The number of nitrogens with one attached hydrogen (secondary N) is 1. The molecule has 1 aromatic rings. The predicted octanol–water partition coefficient (Wildman–Crippen LogP) is 0.214. The van der Waals surface area contributed by atoms with Crippen molar-refractivity contribution in [1.82, 2.24) is 9.88 Å².